The number of carbonyl (C=O) groups excluding carboxylic acids is 1. The molecule has 3 aromatic rings. The quantitative estimate of drug-likeness (QED) is 0.333. The number of rotatable bonds is 12. The number of nitrogens with zero attached hydrogens (tertiary/aromatic N) is 1. The van der Waals surface area contributed by atoms with E-state index in [1.54, 1.807) is 24.3 Å². The number of halogens is 1. The van der Waals surface area contributed by atoms with E-state index in [1.165, 1.54) is 25.3 Å². The predicted molar refractivity (Wildman–Crippen MR) is 143 cm³/mol. The summed E-state index contributed by atoms with van der Waals surface area (Å²) in [4.78, 5) is 12.9. The molecule has 0 saturated carbocycles. The molecule has 0 bridgehead atoms. The maximum atomic E-state index is 13.6. The van der Waals surface area contributed by atoms with Crippen LogP contribution in [0.3, 0.4) is 0 Å². The third-order valence-electron chi connectivity index (χ3n) is 5.50. The molecule has 3 rings (SSSR count). The van der Waals surface area contributed by atoms with Crippen molar-refractivity contribution in [1.29, 1.82) is 0 Å². The largest absolute Gasteiger partial charge is 0.495 e. The molecule has 1 N–H and O–H groups in total. The van der Waals surface area contributed by atoms with Gasteiger partial charge in [-0.25, -0.2) is 8.42 Å². The number of carbonyl (C=O) groups is 1. The number of hydrogen-bond donors (Lipinski definition) is 1. The van der Waals surface area contributed by atoms with Gasteiger partial charge in [-0.1, -0.05) is 41.4 Å². The number of methoxy groups -OCH3 is 1. The Hall–Kier alpha value is -3.23. The van der Waals surface area contributed by atoms with Gasteiger partial charge in [0.1, 0.15) is 18.0 Å². The first-order chi connectivity index (χ1) is 17.2. The summed E-state index contributed by atoms with van der Waals surface area (Å²) in [7, 11) is -2.64. The molecule has 7 nitrogen and oxygen atoms in total. The van der Waals surface area contributed by atoms with Crippen molar-refractivity contribution in [2.45, 2.75) is 31.6 Å². The lowest BCUT2D eigenvalue weighted by Gasteiger charge is -2.26. The molecule has 0 heterocycles. The molecule has 192 valence electrons. The topological polar surface area (TPSA) is 84.9 Å². The third-order valence-corrected chi connectivity index (χ3v) is 7.51. The summed E-state index contributed by atoms with van der Waals surface area (Å²) < 4.78 is 39.0. The van der Waals surface area contributed by atoms with Crippen molar-refractivity contribution >= 4 is 33.2 Å². The lowest BCUT2D eigenvalue weighted by molar-refractivity contribution is -0.119. The number of ether oxygens (including phenoxy) is 2. The highest BCUT2D eigenvalue weighted by Gasteiger charge is 2.29. The molecule has 0 aliphatic carbocycles. The summed E-state index contributed by atoms with van der Waals surface area (Å²) in [5.41, 5.74) is 2.24. The van der Waals surface area contributed by atoms with Gasteiger partial charge < -0.3 is 14.8 Å². The molecule has 0 aromatic heterocycles. The Balaban J connectivity index is 1.73. The fourth-order valence-electron chi connectivity index (χ4n) is 3.62. The Morgan fingerprint density at radius 2 is 1.72 bits per heavy atom. The summed E-state index contributed by atoms with van der Waals surface area (Å²) in [6.07, 6.45) is 1.46. The molecule has 9 heteroatoms. The van der Waals surface area contributed by atoms with Crippen LogP contribution in [-0.2, 0) is 21.2 Å². The lowest BCUT2D eigenvalue weighted by Crippen LogP contribution is -2.41. The molecule has 3 aromatic carbocycles. The molecule has 1 amide bonds. The van der Waals surface area contributed by atoms with Crippen molar-refractivity contribution in [1.82, 2.24) is 5.32 Å². The monoisotopic (exact) mass is 530 g/mol. The molecule has 0 unspecified atom stereocenters. The zero-order valence-electron chi connectivity index (χ0n) is 20.7. The minimum absolute atomic E-state index is 0.0680. The van der Waals surface area contributed by atoms with Crippen LogP contribution in [0.25, 0.3) is 0 Å². The van der Waals surface area contributed by atoms with Gasteiger partial charge in [-0.2, -0.15) is 0 Å². The first-order valence-corrected chi connectivity index (χ1v) is 13.5. The molecule has 0 radical (unpaired) electrons. The van der Waals surface area contributed by atoms with E-state index >= 15 is 0 Å². The van der Waals surface area contributed by atoms with E-state index in [-0.39, 0.29) is 10.6 Å². The maximum absolute atomic E-state index is 13.6. The van der Waals surface area contributed by atoms with Gasteiger partial charge in [0.15, 0.2) is 0 Å². The number of anilines is 1. The molecule has 0 aliphatic rings. The van der Waals surface area contributed by atoms with Gasteiger partial charge in [-0.05, 0) is 74.7 Å². The molecule has 36 heavy (non-hydrogen) atoms. The van der Waals surface area contributed by atoms with E-state index in [1.807, 2.05) is 38.1 Å². The van der Waals surface area contributed by atoms with E-state index < -0.39 is 22.5 Å². The van der Waals surface area contributed by atoms with E-state index in [0.717, 1.165) is 27.6 Å². The number of aryl methyl sites for hydroxylation is 2. The van der Waals surface area contributed by atoms with Gasteiger partial charge >= 0.3 is 0 Å². The number of hydrogen-bond acceptors (Lipinski definition) is 5. The van der Waals surface area contributed by atoms with Crippen LogP contribution in [0.1, 0.15) is 24.5 Å². The van der Waals surface area contributed by atoms with Gasteiger partial charge in [-0.3, -0.25) is 9.10 Å². The Kier molecular flexibility index (Phi) is 9.61. The van der Waals surface area contributed by atoms with Crippen LogP contribution in [0.5, 0.6) is 11.5 Å². The van der Waals surface area contributed by atoms with Crippen molar-refractivity contribution in [3.8, 4) is 11.5 Å². The predicted octanol–water partition coefficient (Wildman–Crippen LogP) is 5.00. The van der Waals surface area contributed by atoms with Crippen LogP contribution in [0.2, 0.25) is 5.02 Å². The van der Waals surface area contributed by atoms with E-state index in [9.17, 15) is 13.2 Å². The number of benzene rings is 3. The average Bonchev–Trinajstić information content (AvgIpc) is 2.86. The SMILES string of the molecule is CCOc1ccc(CCCNC(=O)CN(c2cc(Cl)ccc2OC)S(=O)(=O)c2ccc(C)cc2)cc1. The zero-order valence-corrected chi connectivity index (χ0v) is 22.2. The van der Waals surface area contributed by atoms with Crippen LogP contribution < -0.4 is 19.1 Å². The highest BCUT2D eigenvalue weighted by Crippen LogP contribution is 2.34. The van der Waals surface area contributed by atoms with Crippen molar-refractivity contribution < 1.29 is 22.7 Å². The van der Waals surface area contributed by atoms with Gasteiger partial charge in [0.2, 0.25) is 5.91 Å². The Morgan fingerprint density at radius 1 is 1.03 bits per heavy atom. The average molecular weight is 531 g/mol. The Labute approximate surface area is 218 Å². The van der Waals surface area contributed by atoms with Crippen molar-refractivity contribution in [2.75, 3.05) is 31.1 Å². The van der Waals surface area contributed by atoms with Crippen molar-refractivity contribution in [3.05, 3.63) is 82.9 Å². The van der Waals surface area contributed by atoms with Crippen LogP contribution in [-0.4, -0.2) is 41.1 Å². The first-order valence-electron chi connectivity index (χ1n) is 11.7. The second-order valence-electron chi connectivity index (χ2n) is 8.17. The summed E-state index contributed by atoms with van der Waals surface area (Å²) in [6.45, 7) is 4.40. The molecule has 0 fully saturated rings. The second kappa shape index (κ2) is 12.6. The second-order valence-corrected chi connectivity index (χ2v) is 10.5. The lowest BCUT2D eigenvalue weighted by atomic mass is 10.1. The van der Waals surface area contributed by atoms with Crippen molar-refractivity contribution in [2.24, 2.45) is 0 Å². The van der Waals surface area contributed by atoms with Gasteiger partial charge in [0.25, 0.3) is 10.0 Å². The summed E-state index contributed by atoms with van der Waals surface area (Å²) in [5.74, 6) is 0.679. The molecule has 0 aliphatic heterocycles. The maximum Gasteiger partial charge on any atom is 0.264 e. The minimum atomic E-state index is -4.08. The van der Waals surface area contributed by atoms with Crippen LogP contribution >= 0.6 is 11.6 Å². The summed E-state index contributed by atoms with van der Waals surface area (Å²) in [5, 5.41) is 3.15. The van der Waals surface area contributed by atoms with E-state index in [2.05, 4.69) is 5.32 Å². The fraction of sp³-hybridized carbons (Fsp3) is 0.296. The smallest absolute Gasteiger partial charge is 0.264 e. The highest BCUT2D eigenvalue weighted by atomic mass is 35.5. The standard InChI is InChI=1S/C27H31ClN2O5S/c1-4-35-23-12-9-21(10-13-23)6-5-17-29-27(31)19-30(25-18-22(28)11-16-26(25)34-3)36(32,33)24-14-7-20(2)8-15-24/h7-16,18H,4-6,17,19H2,1-3H3,(H,29,31). The number of nitrogens with one attached hydrogen (secondary N) is 1. The molecular formula is C27H31ClN2O5S. The van der Waals surface area contributed by atoms with E-state index in [0.29, 0.717) is 30.3 Å². The normalized spacial score (nSPS) is 11.1. The van der Waals surface area contributed by atoms with Crippen LogP contribution in [0.4, 0.5) is 5.69 Å². The third kappa shape index (κ3) is 7.15. The van der Waals surface area contributed by atoms with Crippen LogP contribution in [0.15, 0.2) is 71.6 Å². The highest BCUT2D eigenvalue weighted by molar-refractivity contribution is 7.92. The molecule has 0 spiro atoms. The summed E-state index contributed by atoms with van der Waals surface area (Å²) in [6, 6.07) is 18.9. The minimum Gasteiger partial charge on any atom is -0.495 e. The zero-order chi connectivity index (χ0) is 26.1. The first kappa shape index (κ1) is 27.4. The molecular weight excluding hydrogens is 500 g/mol. The Morgan fingerprint density at radius 3 is 2.36 bits per heavy atom. The number of sulfonamides is 1. The van der Waals surface area contributed by atoms with Gasteiger partial charge in [0.05, 0.1) is 24.3 Å². The van der Waals surface area contributed by atoms with Crippen LogP contribution in [0, 0.1) is 6.92 Å². The van der Waals surface area contributed by atoms with Gasteiger partial charge in [-0.15, -0.1) is 0 Å². The number of amides is 1. The summed E-state index contributed by atoms with van der Waals surface area (Å²) >= 11 is 6.17. The van der Waals surface area contributed by atoms with E-state index in [4.69, 9.17) is 21.1 Å². The molecule has 0 saturated heterocycles. The molecule has 0 atom stereocenters. The Bertz CT molecular complexity index is 1260. The van der Waals surface area contributed by atoms with Gasteiger partial charge in [0, 0.05) is 11.6 Å². The fourth-order valence-corrected chi connectivity index (χ4v) is 5.21. The van der Waals surface area contributed by atoms with Crippen molar-refractivity contribution in [3.63, 3.8) is 0 Å².